The van der Waals surface area contributed by atoms with Crippen LogP contribution in [0.4, 0.5) is 5.69 Å². The van der Waals surface area contributed by atoms with Crippen molar-refractivity contribution in [2.75, 3.05) is 11.9 Å². The molecule has 1 rings (SSSR count). The van der Waals surface area contributed by atoms with Crippen molar-refractivity contribution >= 4 is 5.69 Å². The summed E-state index contributed by atoms with van der Waals surface area (Å²) in [5.74, 6) is 0. The van der Waals surface area contributed by atoms with Crippen LogP contribution in [0.5, 0.6) is 0 Å². The SMILES string of the molecule is CCCCCCNc1ccncc1C. The monoisotopic (exact) mass is 192 g/mol. The van der Waals surface area contributed by atoms with Crippen molar-refractivity contribution in [1.29, 1.82) is 0 Å². The third kappa shape index (κ3) is 3.77. The maximum absolute atomic E-state index is 4.06. The van der Waals surface area contributed by atoms with E-state index in [1.165, 1.54) is 36.9 Å². The number of rotatable bonds is 6. The van der Waals surface area contributed by atoms with Gasteiger partial charge in [0.1, 0.15) is 0 Å². The van der Waals surface area contributed by atoms with E-state index in [4.69, 9.17) is 0 Å². The van der Waals surface area contributed by atoms with Gasteiger partial charge in [0.15, 0.2) is 0 Å². The number of unbranched alkanes of at least 4 members (excludes halogenated alkanes) is 3. The summed E-state index contributed by atoms with van der Waals surface area (Å²) in [6.45, 7) is 5.40. The molecule has 0 aliphatic heterocycles. The summed E-state index contributed by atoms with van der Waals surface area (Å²) in [7, 11) is 0. The molecule has 0 unspecified atom stereocenters. The van der Waals surface area contributed by atoms with Crippen molar-refractivity contribution in [3.63, 3.8) is 0 Å². The maximum Gasteiger partial charge on any atom is 0.0400 e. The second-order valence-corrected chi connectivity index (χ2v) is 3.68. The first-order valence-electron chi connectivity index (χ1n) is 5.49. The average Bonchev–Trinajstić information content (AvgIpc) is 2.20. The smallest absolute Gasteiger partial charge is 0.0400 e. The van der Waals surface area contributed by atoms with Crippen LogP contribution in [0.15, 0.2) is 18.5 Å². The van der Waals surface area contributed by atoms with Gasteiger partial charge in [0.2, 0.25) is 0 Å². The van der Waals surface area contributed by atoms with Gasteiger partial charge >= 0.3 is 0 Å². The van der Waals surface area contributed by atoms with Gasteiger partial charge in [-0.25, -0.2) is 0 Å². The molecule has 0 atom stereocenters. The molecule has 1 aromatic rings. The molecule has 0 aliphatic rings. The molecule has 1 heterocycles. The largest absolute Gasteiger partial charge is 0.385 e. The third-order valence-corrected chi connectivity index (χ3v) is 2.37. The van der Waals surface area contributed by atoms with Crippen LogP contribution in [0.3, 0.4) is 0 Å². The average molecular weight is 192 g/mol. The molecule has 0 bridgehead atoms. The number of aromatic nitrogens is 1. The van der Waals surface area contributed by atoms with Gasteiger partial charge in [-0.15, -0.1) is 0 Å². The van der Waals surface area contributed by atoms with Crippen LogP contribution < -0.4 is 5.32 Å². The Labute approximate surface area is 86.8 Å². The highest BCUT2D eigenvalue weighted by molar-refractivity contribution is 5.48. The molecule has 0 fully saturated rings. The molecular weight excluding hydrogens is 172 g/mol. The summed E-state index contributed by atoms with van der Waals surface area (Å²) in [4.78, 5) is 4.06. The molecule has 0 amide bonds. The minimum Gasteiger partial charge on any atom is -0.385 e. The number of hydrogen-bond donors (Lipinski definition) is 1. The number of nitrogens with zero attached hydrogens (tertiary/aromatic N) is 1. The van der Waals surface area contributed by atoms with Gasteiger partial charge in [0, 0.05) is 24.6 Å². The highest BCUT2D eigenvalue weighted by Crippen LogP contribution is 2.11. The number of anilines is 1. The summed E-state index contributed by atoms with van der Waals surface area (Å²) in [5, 5.41) is 3.43. The Morgan fingerprint density at radius 2 is 2.14 bits per heavy atom. The van der Waals surface area contributed by atoms with Crippen LogP contribution in [0, 0.1) is 6.92 Å². The predicted molar refractivity (Wildman–Crippen MR) is 61.6 cm³/mol. The molecule has 1 aromatic heterocycles. The minimum atomic E-state index is 1.07. The topological polar surface area (TPSA) is 24.9 Å². The first-order chi connectivity index (χ1) is 6.84. The molecule has 2 nitrogen and oxygen atoms in total. The van der Waals surface area contributed by atoms with Crippen LogP contribution in [-0.4, -0.2) is 11.5 Å². The molecule has 78 valence electrons. The number of nitrogens with one attached hydrogen (secondary N) is 1. The molecule has 2 heteroatoms. The Hall–Kier alpha value is -1.05. The molecular formula is C12H20N2. The quantitative estimate of drug-likeness (QED) is 0.699. The summed E-state index contributed by atoms with van der Waals surface area (Å²) >= 11 is 0. The lowest BCUT2D eigenvalue weighted by atomic mass is 10.2. The zero-order chi connectivity index (χ0) is 10.2. The van der Waals surface area contributed by atoms with E-state index in [1.807, 2.05) is 18.5 Å². The molecule has 1 N–H and O–H groups in total. The summed E-state index contributed by atoms with van der Waals surface area (Å²) in [6, 6.07) is 2.04. The Bertz CT molecular complexity index is 258. The van der Waals surface area contributed by atoms with Gasteiger partial charge in [-0.3, -0.25) is 4.98 Å². The number of aryl methyl sites for hydroxylation is 1. The van der Waals surface area contributed by atoms with Gasteiger partial charge < -0.3 is 5.32 Å². The first kappa shape index (κ1) is 11.0. The Kier molecular flexibility index (Phi) is 5.05. The van der Waals surface area contributed by atoms with Crippen molar-refractivity contribution in [1.82, 2.24) is 4.98 Å². The standard InChI is InChI=1S/C12H20N2/c1-3-4-5-6-8-14-12-7-9-13-10-11(12)2/h7,9-10H,3-6,8H2,1-2H3,(H,13,14). The second kappa shape index (κ2) is 6.41. The van der Waals surface area contributed by atoms with Crippen molar-refractivity contribution < 1.29 is 0 Å². The summed E-state index contributed by atoms with van der Waals surface area (Å²) < 4.78 is 0. The van der Waals surface area contributed by atoms with Gasteiger partial charge in [0.25, 0.3) is 0 Å². The van der Waals surface area contributed by atoms with Crippen LogP contribution in [0.2, 0.25) is 0 Å². The van der Waals surface area contributed by atoms with E-state index in [2.05, 4.69) is 24.1 Å². The predicted octanol–water partition coefficient (Wildman–Crippen LogP) is 3.38. The van der Waals surface area contributed by atoms with Crippen molar-refractivity contribution in [3.8, 4) is 0 Å². The molecule has 0 saturated carbocycles. The Morgan fingerprint density at radius 1 is 1.29 bits per heavy atom. The molecule has 0 saturated heterocycles. The van der Waals surface area contributed by atoms with E-state index in [9.17, 15) is 0 Å². The zero-order valence-corrected chi connectivity index (χ0v) is 9.21. The summed E-state index contributed by atoms with van der Waals surface area (Å²) in [6.07, 6.45) is 8.96. The lowest BCUT2D eigenvalue weighted by Crippen LogP contribution is -2.02. The Balaban J connectivity index is 2.21. The van der Waals surface area contributed by atoms with Gasteiger partial charge in [-0.05, 0) is 25.0 Å². The van der Waals surface area contributed by atoms with Crippen LogP contribution in [0.1, 0.15) is 38.2 Å². The van der Waals surface area contributed by atoms with Crippen molar-refractivity contribution in [3.05, 3.63) is 24.0 Å². The molecule has 0 radical (unpaired) electrons. The van der Waals surface area contributed by atoms with Gasteiger partial charge in [-0.2, -0.15) is 0 Å². The fourth-order valence-corrected chi connectivity index (χ4v) is 1.45. The Morgan fingerprint density at radius 3 is 2.86 bits per heavy atom. The van der Waals surface area contributed by atoms with Crippen molar-refractivity contribution in [2.45, 2.75) is 39.5 Å². The van der Waals surface area contributed by atoms with E-state index < -0.39 is 0 Å². The third-order valence-electron chi connectivity index (χ3n) is 2.37. The minimum absolute atomic E-state index is 1.07. The number of pyridine rings is 1. The van der Waals surface area contributed by atoms with Crippen LogP contribution in [-0.2, 0) is 0 Å². The fourth-order valence-electron chi connectivity index (χ4n) is 1.45. The van der Waals surface area contributed by atoms with Gasteiger partial charge in [-0.1, -0.05) is 26.2 Å². The lowest BCUT2D eigenvalue weighted by Gasteiger charge is -2.07. The highest BCUT2D eigenvalue weighted by Gasteiger charge is 1.95. The van der Waals surface area contributed by atoms with E-state index in [-0.39, 0.29) is 0 Å². The van der Waals surface area contributed by atoms with Crippen LogP contribution in [0.25, 0.3) is 0 Å². The molecule has 0 aromatic carbocycles. The molecule has 14 heavy (non-hydrogen) atoms. The maximum atomic E-state index is 4.06. The summed E-state index contributed by atoms with van der Waals surface area (Å²) in [5.41, 5.74) is 2.44. The first-order valence-corrected chi connectivity index (χ1v) is 5.49. The van der Waals surface area contributed by atoms with E-state index in [1.54, 1.807) is 0 Å². The molecule has 0 spiro atoms. The normalized spacial score (nSPS) is 10.1. The number of hydrogen-bond acceptors (Lipinski definition) is 2. The second-order valence-electron chi connectivity index (χ2n) is 3.68. The fraction of sp³-hybridized carbons (Fsp3) is 0.583. The lowest BCUT2D eigenvalue weighted by molar-refractivity contribution is 0.685. The van der Waals surface area contributed by atoms with Gasteiger partial charge in [0.05, 0.1) is 0 Å². The van der Waals surface area contributed by atoms with E-state index >= 15 is 0 Å². The van der Waals surface area contributed by atoms with Crippen molar-refractivity contribution in [2.24, 2.45) is 0 Å². The molecule has 0 aliphatic carbocycles. The van der Waals surface area contributed by atoms with E-state index in [0.29, 0.717) is 0 Å². The van der Waals surface area contributed by atoms with E-state index in [0.717, 1.165) is 6.54 Å². The zero-order valence-electron chi connectivity index (χ0n) is 9.21. The van der Waals surface area contributed by atoms with Crippen LogP contribution >= 0.6 is 0 Å². The highest BCUT2D eigenvalue weighted by atomic mass is 14.9.